The van der Waals surface area contributed by atoms with Crippen molar-refractivity contribution >= 4 is 35.1 Å². The lowest BCUT2D eigenvalue weighted by atomic mass is 9.74. The molecule has 1 aromatic carbocycles. The van der Waals surface area contributed by atoms with Crippen LogP contribution in [0.15, 0.2) is 30.0 Å². The minimum Gasteiger partial charge on any atom is -0.460 e. The molecule has 2 aliphatic heterocycles. The highest BCUT2D eigenvalue weighted by Gasteiger charge is 2.46. The van der Waals surface area contributed by atoms with Crippen molar-refractivity contribution in [1.29, 1.82) is 0 Å². The molecule has 1 aromatic rings. The van der Waals surface area contributed by atoms with Gasteiger partial charge in [0.15, 0.2) is 0 Å². The Labute approximate surface area is 175 Å². The monoisotopic (exact) mass is 425 g/mol. The smallest absolute Gasteiger partial charge is 0.337 e. The third kappa shape index (κ3) is 4.20. The molecule has 3 rings (SSSR count). The Balaban J connectivity index is 2.01. The zero-order valence-corrected chi connectivity index (χ0v) is 17.9. The second kappa shape index (κ2) is 8.03. The number of hydrazine groups is 1. The number of nitrogens with one attached hydrogen (secondary N) is 2. The average Bonchev–Trinajstić information content (AvgIpc) is 3.06. The highest BCUT2D eigenvalue weighted by atomic mass is 35.5. The number of hydrogen-bond acceptors (Lipinski definition) is 5. The molecule has 0 radical (unpaired) electrons. The summed E-state index contributed by atoms with van der Waals surface area (Å²) in [6, 6.07) is 4.53. The lowest BCUT2D eigenvalue weighted by Crippen LogP contribution is -2.42. The number of amides is 1. The van der Waals surface area contributed by atoms with Crippen molar-refractivity contribution in [2.24, 2.45) is 11.3 Å². The molecule has 0 aromatic heterocycles. The third-order valence-corrected chi connectivity index (χ3v) is 5.94. The first-order valence-electron chi connectivity index (χ1n) is 9.27. The van der Waals surface area contributed by atoms with E-state index in [1.165, 1.54) is 0 Å². The SMILES string of the molecule is CC(C)OC(=O)C1=CN(C(=O)c2ccc(Cl)c(Cl)c2)CC(C)(C)C2CNNC12. The largest absolute Gasteiger partial charge is 0.460 e. The lowest BCUT2D eigenvalue weighted by molar-refractivity contribution is -0.143. The number of halogens is 2. The van der Waals surface area contributed by atoms with Crippen molar-refractivity contribution < 1.29 is 14.3 Å². The van der Waals surface area contributed by atoms with Crippen LogP contribution >= 0.6 is 23.2 Å². The molecule has 0 spiro atoms. The van der Waals surface area contributed by atoms with Crippen molar-refractivity contribution in [3.63, 3.8) is 0 Å². The van der Waals surface area contributed by atoms with Crippen LogP contribution in [0.5, 0.6) is 0 Å². The zero-order valence-electron chi connectivity index (χ0n) is 16.4. The Morgan fingerprint density at radius 1 is 1.25 bits per heavy atom. The van der Waals surface area contributed by atoms with Gasteiger partial charge in [0.25, 0.3) is 5.91 Å². The van der Waals surface area contributed by atoms with Gasteiger partial charge in [-0.3, -0.25) is 10.2 Å². The zero-order chi connectivity index (χ0) is 20.6. The average molecular weight is 426 g/mol. The molecule has 2 aliphatic rings. The fourth-order valence-corrected chi connectivity index (χ4v) is 4.05. The lowest BCUT2D eigenvalue weighted by Gasteiger charge is -2.34. The van der Waals surface area contributed by atoms with Gasteiger partial charge in [-0.05, 0) is 37.5 Å². The molecule has 8 heteroatoms. The first-order chi connectivity index (χ1) is 13.1. The predicted molar refractivity (Wildman–Crippen MR) is 109 cm³/mol. The maximum Gasteiger partial charge on any atom is 0.337 e. The van der Waals surface area contributed by atoms with Gasteiger partial charge in [-0.1, -0.05) is 37.0 Å². The topological polar surface area (TPSA) is 70.7 Å². The minimum absolute atomic E-state index is 0.116. The molecular weight excluding hydrogens is 401 g/mol. The molecule has 2 atom stereocenters. The molecule has 2 unspecified atom stereocenters. The van der Waals surface area contributed by atoms with Crippen LogP contribution in [0.3, 0.4) is 0 Å². The van der Waals surface area contributed by atoms with Gasteiger partial charge in [-0.2, -0.15) is 0 Å². The van der Waals surface area contributed by atoms with Crippen LogP contribution in [0.4, 0.5) is 0 Å². The number of rotatable bonds is 3. The van der Waals surface area contributed by atoms with E-state index < -0.39 is 5.97 Å². The van der Waals surface area contributed by atoms with Crippen molar-refractivity contribution in [3.8, 4) is 0 Å². The summed E-state index contributed by atoms with van der Waals surface area (Å²) in [6.07, 6.45) is 1.36. The summed E-state index contributed by atoms with van der Waals surface area (Å²) in [5, 5.41) is 0.698. The van der Waals surface area contributed by atoms with Crippen LogP contribution in [0, 0.1) is 11.3 Å². The molecule has 1 fully saturated rings. The Hall–Kier alpha value is -1.60. The summed E-state index contributed by atoms with van der Waals surface area (Å²) in [7, 11) is 0. The van der Waals surface area contributed by atoms with E-state index in [0.29, 0.717) is 34.3 Å². The Bertz CT molecular complexity index is 823. The molecule has 6 nitrogen and oxygen atoms in total. The normalized spacial score (nSPS) is 23.8. The summed E-state index contributed by atoms with van der Waals surface area (Å²) in [5.74, 6) is -0.551. The van der Waals surface area contributed by atoms with E-state index >= 15 is 0 Å². The highest BCUT2D eigenvalue weighted by Crippen LogP contribution is 2.38. The number of ether oxygens (including phenoxy) is 1. The standard InChI is InChI=1S/C20H25Cl2N3O3/c1-11(2)28-19(27)13-9-25(10-20(3,4)14-8-23-24-17(13)14)18(26)12-5-6-15(21)16(22)7-12/h5-7,9,11,14,17,23-24H,8,10H2,1-4H3. The van der Waals surface area contributed by atoms with Gasteiger partial charge in [-0.15, -0.1) is 0 Å². The number of carbonyl (C=O) groups is 2. The summed E-state index contributed by atoms with van der Waals surface area (Å²) in [6.45, 7) is 8.94. The molecule has 1 saturated heterocycles. The Kier molecular flexibility index (Phi) is 6.05. The van der Waals surface area contributed by atoms with Crippen LogP contribution < -0.4 is 10.9 Å². The van der Waals surface area contributed by atoms with Crippen LogP contribution in [0.25, 0.3) is 0 Å². The van der Waals surface area contributed by atoms with E-state index in [2.05, 4.69) is 24.7 Å². The summed E-state index contributed by atoms with van der Waals surface area (Å²) < 4.78 is 5.44. The molecule has 0 bridgehead atoms. The third-order valence-electron chi connectivity index (χ3n) is 5.20. The summed E-state index contributed by atoms with van der Waals surface area (Å²) in [5.41, 5.74) is 6.92. The van der Waals surface area contributed by atoms with Gasteiger partial charge in [0, 0.05) is 30.8 Å². The van der Waals surface area contributed by atoms with Gasteiger partial charge in [0.1, 0.15) is 0 Å². The number of carbonyl (C=O) groups excluding carboxylic acids is 2. The highest BCUT2D eigenvalue weighted by molar-refractivity contribution is 6.42. The second-order valence-corrected chi connectivity index (χ2v) is 9.01. The van der Waals surface area contributed by atoms with Crippen molar-refractivity contribution in [1.82, 2.24) is 15.8 Å². The quantitative estimate of drug-likeness (QED) is 0.726. The fourth-order valence-electron chi connectivity index (χ4n) is 3.76. The molecule has 1 amide bonds. The van der Waals surface area contributed by atoms with Gasteiger partial charge in [0.2, 0.25) is 0 Å². The molecule has 2 N–H and O–H groups in total. The predicted octanol–water partition coefficient (Wildman–Crippen LogP) is 3.40. The van der Waals surface area contributed by atoms with E-state index in [0.717, 1.165) is 0 Å². The van der Waals surface area contributed by atoms with Crippen LogP contribution in [0.2, 0.25) is 10.0 Å². The molecule has 0 saturated carbocycles. The number of hydrogen-bond donors (Lipinski definition) is 2. The van der Waals surface area contributed by atoms with E-state index in [-0.39, 0.29) is 29.4 Å². The molecular formula is C20H25Cl2N3O3. The van der Waals surface area contributed by atoms with E-state index in [9.17, 15) is 9.59 Å². The van der Waals surface area contributed by atoms with Crippen molar-refractivity contribution in [3.05, 3.63) is 45.6 Å². The van der Waals surface area contributed by atoms with Crippen LogP contribution in [-0.4, -0.2) is 42.0 Å². The Morgan fingerprint density at radius 3 is 2.61 bits per heavy atom. The van der Waals surface area contributed by atoms with Gasteiger partial charge < -0.3 is 9.64 Å². The maximum absolute atomic E-state index is 13.2. The van der Waals surface area contributed by atoms with Gasteiger partial charge in [-0.25, -0.2) is 10.2 Å². The number of esters is 1. The Morgan fingerprint density at radius 2 is 1.96 bits per heavy atom. The first kappa shape index (κ1) is 21.1. The van der Waals surface area contributed by atoms with Crippen molar-refractivity contribution in [2.45, 2.75) is 39.8 Å². The molecule has 2 heterocycles. The van der Waals surface area contributed by atoms with E-state index in [1.54, 1.807) is 43.1 Å². The van der Waals surface area contributed by atoms with Gasteiger partial charge in [0.05, 0.1) is 27.8 Å². The summed E-state index contributed by atoms with van der Waals surface area (Å²) in [4.78, 5) is 27.6. The summed E-state index contributed by atoms with van der Waals surface area (Å²) >= 11 is 12.1. The maximum atomic E-state index is 13.2. The number of nitrogens with zero attached hydrogens (tertiary/aromatic N) is 1. The van der Waals surface area contributed by atoms with E-state index in [4.69, 9.17) is 27.9 Å². The van der Waals surface area contributed by atoms with Gasteiger partial charge >= 0.3 is 5.97 Å². The van der Waals surface area contributed by atoms with Crippen LogP contribution in [-0.2, 0) is 9.53 Å². The molecule has 152 valence electrons. The fraction of sp³-hybridized carbons (Fsp3) is 0.500. The van der Waals surface area contributed by atoms with Crippen LogP contribution in [0.1, 0.15) is 38.1 Å². The molecule has 28 heavy (non-hydrogen) atoms. The number of benzene rings is 1. The first-order valence-corrected chi connectivity index (χ1v) is 10.0. The minimum atomic E-state index is -0.425. The number of fused-ring (bicyclic) bond motifs is 1. The second-order valence-electron chi connectivity index (χ2n) is 8.20. The van der Waals surface area contributed by atoms with E-state index in [1.807, 2.05) is 0 Å². The molecule has 0 aliphatic carbocycles. The van der Waals surface area contributed by atoms with Crippen molar-refractivity contribution in [2.75, 3.05) is 13.1 Å².